The number of halogens is 2. The first-order valence-corrected chi connectivity index (χ1v) is 6.60. The van der Waals surface area contributed by atoms with E-state index in [2.05, 4.69) is 16.4 Å². The molecule has 3 aromatic rings. The zero-order chi connectivity index (χ0) is 15.5. The molecule has 3 rings (SSSR count). The molecule has 0 saturated heterocycles. The number of pyridine rings is 1. The highest BCUT2D eigenvalue weighted by Gasteiger charge is 2.10. The summed E-state index contributed by atoms with van der Waals surface area (Å²) in [5.41, 5.74) is 2.24. The SMILES string of the molecule is COc1ccc2ncc(C#N)c(Nc3cccc(F)c3)c2c1.Cl. The molecule has 0 amide bonds. The second-order valence-corrected chi connectivity index (χ2v) is 4.68. The number of fused-ring (bicyclic) bond motifs is 1. The summed E-state index contributed by atoms with van der Waals surface area (Å²) >= 11 is 0. The van der Waals surface area contributed by atoms with Gasteiger partial charge in [-0.05, 0) is 36.4 Å². The third-order valence-corrected chi connectivity index (χ3v) is 3.29. The van der Waals surface area contributed by atoms with Crippen LogP contribution in [-0.2, 0) is 0 Å². The van der Waals surface area contributed by atoms with Crippen molar-refractivity contribution >= 4 is 34.7 Å². The van der Waals surface area contributed by atoms with Crippen LogP contribution in [0, 0.1) is 17.1 Å². The number of benzene rings is 2. The van der Waals surface area contributed by atoms with Crippen LogP contribution >= 0.6 is 12.4 Å². The number of hydrogen-bond acceptors (Lipinski definition) is 4. The molecule has 0 aliphatic heterocycles. The molecule has 0 radical (unpaired) electrons. The van der Waals surface area contributed by atoms with Gasteiger partial charge in [-0.15, -0.1) is 12.4 Å². The van der Waals surface area contributed by atoms with E-state index in [1.165, 1.54) is 18.3 Å². The van der Waals surface area contributed by atoms with E-state index in [1.807, 2.05) is 6.07 Å². The summed E-state index contributed by atoms with van der Waals surface area (Å²) in [5.74, 6) is 0.311. The molecule has 4 nitrogen and oxygen atoms in total. The van der Waals surface area contributed by atoms with Crippen LogP contribution in [0.15, 0.2) is 48.7 Å². The van der Waals surface area contributed by atoms with Gasteiger partial charge in [-0.25, -0.2) is 4.39 Å². The number of rotatable bonds is 3. The van der Waals surface area contributed by atoms with E-state index in [4.69, 9.17) is 4.74 Å². The van der Waals surface area contributed by atoms with E-state index in [0.29, 0.717) is 22.7 Å². The lowest BCUT2D eigenvalue weighted by molar-refractivity contribution is 0.415. The molecule has 1 heterocycles. The van der Waals surface area contributed by atoms with E-state index < -0.39 is 0 Å². The number of aromatic nitrogens is 1. The first-order chi connectivity index (χ1) is 10.7. The minimum atomic E-state index is -0.348. The van der Waals surface area contributed by atoms with Crippen molar-refractivity contribution in [3.8, 4) is 11.8 Å². The molecule has 0 fully saturated rings. The van der Waals surface area contributed by atoms with Gasteiger partial charge in [-0.2, -0.15) is 5.26 Å². The molecule has 0 aliphatic rings. The number of nitrogens with zero attached hydrogens (tertiary/aromatic N) is 2. The van der Waals surface area contributed by atoms with Crippen molar-refractivity contribution in [3.05, 3.63) is 60.0 Å². The Bertz CT molecular complexity index is 893. The van der Waals surface area contributed by atoms with E-state index in [0.717, 1.165) is 10.9 Å². The lowest BCUT2D eigenvalue weighted by atomic mass is 10.1. The molecule has 0 unspecified atom stereocenters. The third-order valence-electron chi connectivity index (χ3n) is 3.29. The van der Waals surface area contributed by atoms with Crippen LogP contribution < -0.4 is 10.1 Å². The van der Waals surface area contributed by atoms with Crippen LogP contribution in [0.25, 0.3) is 10.9 Å². The lowest BCUT2D eigenvalue weighted by Gasteiger charge is -2.12. The quantitative estimate of drug-likeness (QED) is 0.772. The highest BCUT2D eigenvalue weighted by Crippen LogP contribution is 2.31. The van der Waals surface area contributed by atoms with Gasteiger partial charge in [0.2, 0.25) is 0 Å². The van der Waals surface area contributed by atoms with Crippen molar-refractivity contribution in [2.75, 3.05) is 12.4 Å². The number of hydrogen-bond donors (Lipinski definition) is 1. The third kappa shape index (κ3) is 3.33. The summed E-state index contributed by atoms with van der Waals surface area (Å²) in [5, 5.41) is 13.1. The van der Waals surface area contributed by atoms with Crippen molar-refractivity contribution in [3.63, 3.8) is 0 Å². The minimum Gasteiger partial charge on any atom is -0.497 e. The summed E-state index contributed by atoms with van der Waals surface area (Å²) in [4.78, 5) is 4.26. The summed E-state index contributed by atoms with van der Waals surface area (Å²) < 4.78 is 18.6. The van der Waals surface area contributed by atoms with E-state index in [1.54, 1.807) is 31.4 Å². The van der Waals surface area contributed by atoms with Gasteiger partial charge >= 0.3 is 0 Å². The largest absolute Gasteiger partial charge is 0.497 e. The van der Waals surface area contributed by atoms with E-state index in [9.17, 15) is 9.65 Å². The average molecular weight is 330 g/mol. The second kappa shape index (κ2) is 6.95. The van der Waals surface area contributed by atoms with Gasteiger partial charge in [0.05, 0.1) is 23.9 Å². The topological polar surface area (TPSA) is 57.9 Å². The maximum Gasteiger partial charge on any atom is 0.125 e. The van der Waals surface area contributed by atoms with Crippen LogP contribution in [0.2, 0.25) is 0 Å². The van der Waals surface area contributed by atoms with Gasteiger partial charge in [-0.1, -0.05) is 6.07 Å². The van der Waals surface area contributed by atoms with Gasteiger partial charge in [0, 0.05) is 17.3 Å². The number of methoxy groups -OCH3 is 1. The average Bonchev–Trinajstić information content (AvgIpc) is 2.55. The Morgan fingerprint density at radius 2 is 2.04 bits per heavy atom. The predicted octanol–water partition coefficient (Wildman–Crippen LogP) is 4.42. The molecular formula is C17H13ClFN3O. The first-order valence-electron chi connectivity index (χ1n) is 6.60. The summed E-state index contributed by atoms with van der Waals surface area (Å²) in [7, 11) is 1.57. The summed E-state index contributed by atoms with van der Waals surface area (Å²) in [6.45, 7) is 0. The Hall–Kier alpha value is -2.84. The molecule has 0 spiro atoms. The van der Waals surface area contributed by atoms with Crippen molar-refractivity contribution in [1.82, 2.24) is 4.98 Å². The van der Waals surface area contributed by atoms with Gasteiger partial charge in [0.25, 0.3) is 0 Å². The fourth-order valence-corrected chi connectivity index (χ4v) is 2.23. The van der Waals surface area contributed by atoms with E-state index in [-0.39, 0.29) is 18.2 Å². The van der Waals surface area contributed by atoms with Gasteiger partial charge < -0.3 is 10.1 Å². The fraction of sp³-hybridized carbons (Fsp3) is 0.0588. The molecule has 0 bridgehead atoms. The molecule has 0 aliphatic carbocycles. The minimum absolute atomic E-state index is 0. The standard InChI is InChI=1S/C17H12FN3O.ClH/c1-22-14-5-6-16-15(8-14)17(11(9-19)10-20-16)21-13-4-2-3-12(18)7-13;/h2-8,10H,1H3,(H,20,21);1H. The molecule has 1 aromatic heterocycles. The van der Waals surface area contributed by atoms with Crippen molar-refractivity contribution < 1.29 is 9.13 Å². The van der Waals surface area contributed by atoms with Crippen LogP contribution in [0.4, 0.5) is 15.8 Å². The summed E-state index contributed by atoms with van der Waals surface area (Å²) in [6.07, 6.45) is 1.50. The molecule has 2 aromatic carbocycles. The first kappa shape index (κ1) is 16.5. The van der Waals surface area contributed by atoms with Crippen molar-refractivity contribution in [2.24, 2.45) is 0 Å². The molecule has 23 heavy (non-hydrogen) atoms. The second-order valence-electron chi connectivity index (χ2n) is 4.68. The molecule has 6 heteroatoms. The van der Waals surface area contributed by atoms with Crippen molar-refractivity contribution in [1.29, 1.82) is 5.26 Å². The number of nitrogens with one attached hydrogen (secondary N) is 1. The Labute approximate surface area is 138 Å². The van der Waals surface area contributed by atoms with E-state index >= 15 is 0 Å². The Morgan fingerprint density at radius 1 is 1.22 bits per heavy atom. The number of anilines is 2. The maximum atomic E-state index is 13.3. The monoisotopic (exact) mass is 329 g/mol. The normalized spacial score (nSPS) is 9.78. The van der Waals surface area contributed by atoms with Crippen molar-refractivity contribution in [2.45, 2.75) is 0 Å². The highest BCUT2D eigenvalue weighted by molar-refractivity contribution is 5.96. The summed E-state index contributed by atoms with van der Waals surface area (Å²) in [6, 6.07) is 13.6. The predicted molar refractivity (Wildman–Crippen MR) is 89.9 cm³/mol. The number of nitriles is 1. The van der Waals surface area contributed by atoms with Crippen LogP contribution in [0.5, 0.6) is 5.75 Å². The molecule has 0 atom stereocenters. The molecule has 116 valence electrons. The van der Waals surface area contributed by atoms with Gasteiger partial charge in [-0.3, -0.25) is 4.98 Å². The zero-order valence-corrected chi connectivity index (χ0v) is 13.0. The zero-order valence-electron chi connectivity index (χ0n) is 12.2. The lowest BCUT2D eigenvalue weighted by Crippen LogP contribution is -1.97. The smallest absolute Gasteiger partial charge is 0.125 e. The van der Waals surface area contributed by atoms with Crippen LogP contribution in [0.3, 0.4) is 0 Å². The Kier molecular flexibility index (Phi) is 4.99. The highest BCUT2D eigenvalue weighted by atomic mass is 35.5. The molecule has 1 N–H and O–H groups in total. The fourth-order valence-electron chi connectivity index (χ4n) is 2.23. The maximum absolute atomic E-state index is 13.3. The molecule has 0 saturated carbocycles. The Morgan fingerprint density at radius 3 is 2.74 bits per heavy atom. The molecular weight excluding hydrogens is 317 g/mol. The van der Waals surface area contributed by atoms with Gasteiger partial charge in [0.1, 0.15) is 17.6 Å². The van der Waals surface area contributed by atoms with Crippen LogP contribution in [-0.4, -0.2) is 12.1 Å². The number of ether oxygens (including phenoxy) is 1. The van der Waals surface area contributed by atoms with Gasteiger partial charge in [0.15, 0.2) is 0 Å². The van der Waals surface area contributed by atoms with Crippen LogP contribution in [0.1, 0.15) is 5.56 Å². The Balaban J connectivity index is 0.00000192.